The minimum atomic E-state index is 0.666. The Morgan fingerprint density at radius 2 is 1.92 bits per heavy atom. The van der Waals surface area contributed by atoms with E-state index in [1.54, 1.807) is 0 Å². The highest BCUT2D eigenvalue weighted by molar-refractivity contribution is 5.20. The third-order valence-corrected chi connectivity index (χ3v) is 1.88. The van der Waals surface area contributed by atoms with Crippen molar-refractivity contribution in [3.63, 3.8) is 0 Å². The van der Waals surface area contributed by atoms with Crippen LogP contribution in [0, 0.1) is 5.92 Å². The Balaban J connectivity index is 4.12. The zero-order valence-electron chi connectivity index (χ0n) is 8.93. The highest BCUT2D eigenvalue weighted by Crippen LogP contribution is 2.12. The van der Waals surface area contributed by atoms with Crippen molar-refractivity contribution < 1.29 is 0 Å². The summed E-state index contributed by atoms with van der Waals surface area (Å²) in [6.07, 6.45) is 10.5. The van der Waals surface area contributed by atoms with Crippen molar-refractivity contribution in [2.75, 3.05) is 0 Å². The third kappa shape index (κ3) is 5.17. The van der Waals surface area contributed by atoms with Gasteiger partial charge < -0.3 is 0 Å². The zero-order valence-corrected chi connectivity index (χ0v) is 8.93. The second-order valence-corrected chi connectivity index (χ2v) is 3.46. The Bertz CT molecular complexity index is 149. The zero-order chi connectivity index (χ0) is 9.40. The average Bonchev–Trinajstić information content (AvgIpc) is 2.04. The van der Waals surface area contributed by atoms with E-state index < -0.39 is 0 Å². The van der Waals surface area contributed by atoms with E-state index >= 15 is 0 Å². The van der Waals surface area contributed by atoms with Crippen LogP contribution in [-0.2, 0) is 0 Å². The maximum atomic E-state index is 2.36. The van der Waals surface area contributed by atoms with E-state index in [1.165, 1.54) is 18.4 Å². The lowest BCUT2D eigenvalue weighted by Crippen LogP contribution is -1.90. The van der Waals surface area contributed by atoms with Gasteiger partial charge in [-0.3, -0.25) is 0 Å². The molecule has 0 aromatic heterocycles. The van der Waals surface area contributed by atoms with Gasteiger partial charge in [-0.05, 0) is 24.3 Å². The van der Waals surface area contributed by atoms with Gasteiger partial charge in [0.2, 0.25) is 0 Å². The van der Waals surface area contributed by atoms with E-state index in [1.807, 2.05) is 0 Å². The monoisotopic (exact) mass is 166 g/mol. The molecule has 0 saturated carbocycles. The molecule has 0 amide bonds. The lowest BCUT2D eigenvalue weighted by molar-refractivity contribution is 0.778. The van der Waals surface area contributed by atoms with Crippen molar-refractivity contribution in [1.29, 1.82) is 0 Å². The first-order valence-electron chi connectivity index (χ1n) is 5.08. The van der Waals surface area contributed by atoms with Gasteiger partial charge >= 0.3 is 0 Å². The van der Waals surface area contributed by atoms with E-state index in [2.05, 4.69) is 45.9 Å². The fraction of sp³-hybridized carbons (Fsp3) is 0.667. The highest BCUT2D eigenvalue weighted by atomic mass is 14.0. The Morgan fingerprint density at radius 1 is 1.25 bits per heavy atom. The molecule has 0 bridgehead atoms. The van der Waals surface area contributed by atoms with E-state index in [0.717, 1.165) is 6.42 Å². The molecule has 0 atom stereocenters. The predicted molar refractivity (Wildman–Crippen MR) is 57.3 cm³/mol. The van der Waals surface area contributed by atoms with Gasteiger partial charge in [-0.2, -0.15) is 0 Å². The van der Waals surface area contributed by atoms with Gasteiger partial charge in [-0.15, -0.1) is 0 Å². The van der Waals surface area contributed by atoms with Crippen molar-refractivity contribution in [2.24, 2.45) is 5.92 Å². The van der Waals surface area contributed by atoms with E-state index in [-0.39, 0.29) is 0 Å². The lowest BCUT2D eigenvalue weighted by Gasteiger charge is -2.05. The standard InChI is InChI=1S/C12H22/c1-5-7-9-12(11(3)4)10-8-6-2/h7,9-11H,5-6,8H2,1-4H3/b9-7+,12-10+. The summed E-state index contributed by atoms with van der Waals surface area (Å²) in [6.45, 7) is 8.90. The van der Waals surface area contributed by atoms with Crippen molar-refractivity contribution in [3.8, 4) is 0 Å². The van der Waals surface area contributed by atoms with Gasteiger partial charge in [0.05, 0.1) is 0 Å². The quantitative estimate of drug-likeness (QED) is 0.533. The van der Waals surface area contributed by atoms with Crippen LogP contribution in [-0.4, -0.2) is 0 Å². The summed E-state index contributed by atoms with van der Waals surface area (Å²) in [4.78, 5) is 0. The van der Waals surface area contributed by atoms with Crippen LogP contribution in [0.25, 0.3) is 0 Å². The minimum absolute atomic E-state index is 0.666. The molecule has 0 unspecified atom stereocenters. The largest absolute Gasteiger partial charge is 0.0845 e. The van der Waals surface area contributed by atoms with Crippen LogP contribution >= 0.6 is 0 Å². The summed E-state index contributed by atoms with van der Waals surface area (Å²) in [5.74, 6) is 0.666. The molecule has 0 heteroatoms. The number of rotatable bonds is 5. The number of allylic oxidation sites excluding steroid dienone is 4. The molecule has 0 aliphatic rings. The van der Waals surface area contributed by atoms with Crippen LogP contribution in [0.2, 0.25) is 0 Å². The molecule has 0 aliphatic carbocycles. The molecule has 0 spiro atoms. The molecule has 0 heterocycles. The fourth-order valence-electron chi connectivity index (χ4n) is 1.06. The first-order valence-corrected chi connectivity index (χ1v) is 5.08. The Morgan fingerprint density at radius 3 is 2.33 bits per heavy atom. The van der Waals surface area contributed by atoms with E-state index in [0.29, 0.717) is 5.92 Å². The van der Waals surface area contributed by atoms with Gasteiger partial charge in [-0.1, -0.05) is 52.3 Å². The summed E-state index contributed by atoms with van der Waals surface area (Å²) in [5.41, 5.74) is 1.48. The maximum absolute atomic E-state index is 2.36. The van der Waals surface area contributed by atoms with Gasteiger partial charge in [0, 0.05) is 0 Å². The lowest BCUT2D eigenvalue weighted by atomic mass is 10.0. The second-order valence-electron chi connectivity index (χ2n) is 3.46. The average molecular weight is 166 g/mol. The smallest absolute Gasteiger partial charge is 0.0222 e. The predicted octanol–water partition coefficient (Wildman–Crippen LogP) is 4.34. The SMILES string of the molecule is CC/C=C/C(=C\CCC)C(C)C. The summed E-state index contributed by atoms with van der Waals surface area (Å²) in [7, 11) is 0. The first kappa shape index (κ1) is 11.5. The molecule has 0 radical (unpaired) electrons. The molecule has 0 N–H and O–H groups in total. The van der Waals surface area contributed by atoms with Gasteiger partial charge in [-0.25, -0.2) is 0 Å². The number of unbranched alkanes of at least 4 members (excludes halogenated alkanes) is 1. The molecule has 0 rings (SSSR count). The van der Waals surface area contributed by atoms with Crippen LogP contribution in [0.3, 0.4) is 0 Å². The Kier molecular flexibility index (Phi) is 6.84. The van der Waals surface area contributed by atoms with Crippen LogP contribution < -0.4 is 0 Å². The highest BCUT2D eigenvalue weighted by Gasteiger charge is 1.96. The second kappa shape index (κ2) is 7.15. The van der Waals surface area contributed by atoms with Crippen molar-refractivity contribution >= 4 is 0 Å². The molecule has 12 heavy (non-hydrogen) atoms. The normalized spacial score (nSPS) is 13.2. The summed E-state index contributed by atoms with van der Waals surface area (Å²) < 4.78 is 0. The molecule has 0 aromatic carbocycles. The van der Waals surface area contributed by atoms with Crippen molar-refractivity contribution in [1.82, 2.24) is 0 Å². The molecule has 0 aliphatic heterocycles. The first-order chi connectivity index (χ1) is 5.72. The minimum Gasteiger partial charge on any atom is -0.0845 e. The molecule has 0 aromatic rings. The number of hydrogen-bond acceptors (Lipinski definition) is 0. The summed E-state index contributed by atoms with van der Waals surface area (Å²) >= 11 is 0. The maximum Gasteiger partial charge on any atom is -0.0222 e. The molecular weight excluding hydrogens is 144 g/mol. The van der Waals surface area contributed by atoms with E-state index in [9.17, 15) is 0 Å². The van der Waals surface area contributed by atoms with E-state index in [4.69, 9.17) is 0 Å². The van der Waals surface area contributed by atoms with Crippen LogP contribution in [0.4, 0.5) is 0 Å². The Labute approximate surface area is 77.4 Å². The molecule has 70 valence electrons. The third-order valence-electron chi connectivity index (χ3n) is 1.88. The van der Waals surface area contributed by atoms with Crippen molar-refractivity contribution in [3.05, 3.63) is 23.8 Å². The fourth-order valence-corrected chi connectivity index (χ4v) is 1.06. The van der Waals surface area contributed by atoms with Crippen LogP contribution in [0.5, 0.6) is 0 Å². The Hall–Kier alpha value is -0.520. The topological polar surface area (TPSA) is 0 Å². The number of hydrogen-bond donors (Lipinski definition) is 0. The van der Waals surface area contributed by atoms with Gasteiger partial charge in [0.25, 0.3) is 0 Å². The summed E-state index contributed by atoms with van der Waals surface area (Å²) in [5, 5.41) is 0. The van der Waals surface area contributed by atoms with Gasteiger partial charge in [0.15, 0.2) is 0 Å². The molecule has 0 nitrogen and oxygen atoms in total. The van der Waals surface area contributed by atoms with Crippen LogP contribution in [0.15, 0.2) is 23.8 Å². The van der Waals surface area contributed by atoms with Crippen molar-refractivity contribution in [2.45, 2.75) is 47.0 Å². The summed E-state index contributed by atoms with van der Waals surface area (Å²) in [6, 6.07) is 0. The molecular formula is C12H22. The van der Waals surface area contributed by atoms with Gasteiger partial charge in [0.1, 0.15) is 0 Å². The van der Waals surface area contributed by atoms with Crippen LogP contribution in [0.1, 0.15) is 47.0 Å². The molecule has 0 fully saturated rings. The molecule has 0 saturated heterocycles.